The molecule has 2 fully saturated rings. The van der Waals surface area contributed by atoms with Crippen molar-refractivity contribution in [2.24, 2.45) is 0 Å². The Morgan fingerprint density at radius 1 is 0.964 bits per heavy atom. The Bertz CT molecular complexity index is 465. The summed E-state index contributed by atoms with van der Waals surface area (Å²) in [6.45, 7) is 8.73. The van der Waals surface area contributed by atoms with Gasteiger partial charge in [0.05, 0.1) is 0 Å². The summed E-state index contributed by atoms with van der Waals surface area (Å²) in [6, 6.07) is 0. The third-order valence-electron chi connectivity index (χ3n) is 7.64. The second kappa shape index (κ2) is 10.7. The Kier molecular flexibility index (Phi) is 9.24. The third-order valence-corrected chi connectivity index (χ3v) is 15.9. The molecule has 0 amide bonds. The van der Waals surface area contributed by atoms with Crippen molar-refractivity contribution in [3.05, 3.63) is 0 Å². The SMILES string of the molecule is CCC(C)(C(=O)O[Si](C(C)C)(C1CCCCC1)C1CCCCC1)[Si](OC)OC. The first kappa shape index (κ1) is 24.1. The number of hydrogen-bond acceptors (Lipinski definition) is 4. The number of carbonyl (C=O) groups is 1. The van der Waals surface area contributed by atoms with Gasteiger partial charge in [0, 0.05) is 14.2 Å². The van der Waals surface area contributed by atoms with Crippen LogP contribution in [0.25, 0.3) is 0 Å². The van der Waals surface area contributed by atoms with Gasteiger partial charge < -0.3 is 13.3 Å². The Morgan fingerprint density at radius 2 is 1.39 bits per heavy atom. The molecule has 2 saturated carbocycles. The predicted molar refractivity (Wildman–Crippen MR) is 119 cm³/mol. The molecule has 0 aromatic rings. The monoisotopic (exact) mass is 427 g/mol. The molecule has 2 aliphatic rings. The zero-order valence-corrected chi connectivity index (χ0v) is 21.1. The largest absolute Gasteiger partial charge is 0.518 e. The summed E-state index contributed by atoms with van der Waals surface area (Å²) in [5.74, 6) is -0.0379. The molecule has 28 heavy (non-hydrogen) atoms. The standard InChI is InChI=1S/C22H43O4Si2/c1-7-22(4,27(24-5)25-6)21(23)26-28(18(2)3,19-14-10-8-11-15-19)20-16-12-9-13-17-20/h18-20H,7-17H2,1-6H3. The molecule has 2 rings (SSSR count). The fourth-order valence-electron chi connectivity index (χ4n) is 5.85. The van der Waals surface area contributed by atoms with E-state index in [0.29, 0.717) is 23.0 Å². The maximum atomic E-state index is 13.7. The van der Waals surface area contributed by atoms with Crippen molar-refractivity contribution in [1.29, 1.82) is 0 Å². The van der Waals surface area contributed by atoms with Crippen molar-refractivity contribution in [3.8, 4) is 0 Å². The van der Waals surface area contributed by atoms with Crippen molar-refractivity contribution < 1.29 is 18.1 Å². The Balaban J connectivity index is 2.40. The average molecular weight is 428 g/mol. The lowest BCUT2D eigenvalue weighted by Crippen LogP contribution is -2.55. The Morgan fingerprint density at radius 3 is 1.71 bits per heavy atom. The van der Waals surface area contributed by atoms with Crippen molar-refractivity contribution in [2.75, 3.05) is 14.2 Å². The quantitative estimate of drug-likeness (QED) is 0.394. The van der Waals surface area contributed by atoms with E-state index in [2.05, 4.69) is 20.8 Å². The summed E-state index contributed by atoms with van der Waals surface area (Å²) in [5, 5.41) is -0.662. The molecule has 1 atom stereocenters. The fraction of sp³-hybridized carbons (Fsp3) is 0.955. The third kappa shape index (κ3) is 4.76. The van der Waals surface area contributed by atoms with Crippen LogP contribution >= 0.6 is 0 Å². The van der Waals surface area contributed by atoms with E-state index in [9.17, 15) is 4.79 Å². The molecule has 6 heteroatoms. The number of carbonyl (C=O) groups excluding carboxylic acids is 1. The van der Waals surface area contributed by atoms with Crippen molar-refractivity contribution in [2.45, 2.75) is 120 Å². The van der Waals surface area contributed by atoms with Crippen molar-refractivity contribution in [1.82, 2.24) is 0 Å². The minimum absolute atomic E-state index is 0.0379. The Labute approximate surface area is 176 Å². The lowest BCUT2D eigenvalue weighted by atomic mass is 9.99. The van der Waals surface area contributed by atoms with Crippen LogP contribution in [0, 0.1) is 0 Å². The van der Waals surface area contributed by atoms with Gasteiger partial charge in [0.2, 0.25) is 0 Å². The summed E-state index contributed by atoms with van der Waals surface area (Å²) in [7, 11) is -0.673. The van der Waals surface area contributed by atoms with Crippen LogP contribution in [0.15, 0.2) is 0 Å². The van der Waals surface area contributed by atoms with Crippen molar-refractivity contribution in [3.63, 3.8) is 0 Å². The van der Waals surface area contributed by atoms with Gasteiger partial charge >= 0.3 is 9.28 Å². The van der Waals surface area contributed by atoms with Gasteiger partial charge in [0.15, 0.2) is 0 Å². The predicted octanol–water partition coefficient (Wildman–Crippen LogP) is 6.51. The van der Waals surface area contributed by atoms with E-state index in [0.717, 1.165) is 0 Å². The zero-order valence-electron chi connectivity index (χ0n) is 19.1. The second-order valence-corrected chi connectivity index (χ2v) is 16.6. The van der Waals surface area contributed by atoms with Gasteiger partial charge in [-0.3, -0.25) is 4.79 Å². The molecule has 4 nitrogen and oxygen atoms in total. The van der Waals surface area contributed by atoms with E-state index in [4.69, 9.17) is 13.3 Å². The first-order valence-corrected chi connectivity index (χ1v) is 15.0. The molecular formula is C22H43O4Si2. The molecule has 2 aliphatic carbocycles. The van der Waals surface area contributed by atoms with Crippen LogP contribution in [0.2, 0.25) is 21.7 Å². The van der Waals surface area contributed by atoms with E-state index in [1.165, 1.54) is 64.2 Å². The van der Waals surface area contributed by atoms with E-state index in [1.54, 1.807) is 14.2 Å². The van der Waals surface area contributed by atoms with Gasteiger partial charge in [0.25, 0.3) is 14.3 Å². The summed E-state index contributed by atoms with van der Waals surface area (Å²) in [4.78, 5) is 13.7. The zero-order chi connectivity index (χ0) is 20.8. The molecule has 0 heterocycles. The Hall–Kier alpha value is -0.176. The lowest BCUT2D eigenvalue weighted by molar-refractivity contribution is -0.140. The lowest BCUT2D eigenvalue weighted by Gasteiger charge is -2.49. The molecule has 0 spiro atoms. The van der Waals surface area contributed by atoms with E-state index in [1.807, 2.05) is 6.92 Å². The highest BCUT2D eigenvalue weighted by molar-refractivity contribution is 6.79. The molecule has 0 bridgehead atoms. The molecule has 0 N–H and O–H groups in total. The minimum atomic E-state index is -2.28. The summed E-state index contributed by atoms with van der Waals surface area (Å²) in [5.41, 5.74) is 1.70. The van der Waals surface area contributed by atoms with Crippen LogP contribution in [0.1, 0.15) is 98.3 Å². The highest BCUT2D eigenvalue weighted by atomic mass is 28.4. The maximum absolute atomic E-state index is 13.7. The van der Waals surface area contributed by atoms with E-state index >= 15 is 0 Å². The molecule has 163 valence electrons. The van der Waals surface area contributed by atoms with Crippen LogP contribution in [0.3, 0.4) is 0 Å². The van der Waals surface area contributed by atoms with Crippen LogP contribution in [0.5, 0.6) is 0 Å². The first-order valence-electron chi connectivity index (χ1n) is 11.6. The highest BCUT2D eigenvalue weighted by Gasteiger charge is 2.57. The van der Waals surface area contributed by atoms with Gasteiger partial charge in [-0.15, -0.1) is 0 Å². The van der Waals surface area contributed by atoms with Gasteiger partial charge in [-0.1, -0.05) is 59.3 Å². The van der Waals surface area contributed by atoms with Gasteiger partial charge in [-0.2, -0.15) is 0 Å². The van der Waals surface area contributed by atoms with Gasteiger partial charge in [0.1, 0.15) is 5.04 Å². The second-order valence-electron chi connectivity index (χ2n) is 9.45. The molecular weight excluding hydrogens is 384 g/mol. The maximum Gasteiger partial charge on any atom is 0.402 e. The summed E-state index contributed by atoms with van der Waals surface area (Å²) < 4.78 is 18.2. The number of rotatable bonds is 9. The van der Waals surface area contributed by atoms with Crippen LogP contribution in [-0.2, 0) is 18.1 Å². The number of hydrogen-bond donors (Lipinski definition) is 0. The van der Waals surface area contributed by atoms with E-state index in [-0.39, 0.29) is 5.97 Å². The van der Waals surface area contributed by atoms with Crippen LogP contribution in [0.4, 0.5) is 0 Å². The van der Waals surface area contributed by atoms with Gasteiger partial charge in [-0.25, -0.2) is 0 Å². The van der Waals surface area contributed by atoms with Crippen molar-refractivity contribution >= 4 is 23.6 Å². The molecule has 1 unspecified atom stereocenters. The van der Waals surface area contributed by atoms with Crippen LogP contribution in [-0.4, -0.2) is 37.8 Å². The smallest absolute Gasteiger partial charge is 0.402 e. The molecule has 0 aromatic heterocycles. The van der Waals surface area contributed by atoms with Gasteiger partial charge in [-0.05, 0) is 55.7 Å². The molecule has 0 aromatic carbocycles. The summed E-state index contributed by atoms with van der Waals surface area (Å²) in [6.07, 6.45) is 13.6. The minimum Gasteiger partial charge on any atom is -0.518 e. The van der Waals surface area contributed by atoms with Crippen LogP contribution < -0.4 is 0 Å². The molecule has 0 aliphatic heterocycles. The average Bonchev–Trinajstić information content (AvgIpc) is 2.73. The highest BCUT2D eigenvalue weighted by Crippen LogP contribution is 2.55. The molecule has 1 radical (unpaired) electrons. The molecule has 0 saturated heterocycles. The van der Waals surface area contributed by atoms with E-state index < -0.39 is 22.6 Å². The summed E-state index contributed by atoms with van der Waals surface area (Å²) >= 11 is 0. The normalized spacial score (nSPS) is 22.4. The topological polar surface area (TPSA) is 44.8 Å². The fourth-order valence-corrected chi connectivity index (χ4v) is 13.8. The first-order chi connectivity index (χ1) is 13.4.